The Balaban J connectivity index is 1.56. The Morgan fingerprint density at radius 2 is 1.62 bits per heavy atom. The standard InChI is InChI=1S/C26H38N6O2/c1-6-12-31(13-7-2)25(33)21-8-10-22(11-9-21)28-26(34)32-16-14-30(15-17-32)23-18-20(5)27-24(29-23)19(3)4/h8-11,18-19H,6-7,12-17H2,1-5H3,(H,28,34). The molecule has 2 heterocycles. The van der Waals surface area contributed by atoms with Crippen molar-refractivity contribution in [3.05, 3.63) is 47.4 Å². The summed E-state index contributed by atoms with van der Waals surface area (Å²) in [5, 5.41) is 2.96. The molecule has 3 rings (SSSR count). The van der Waals surface area contributed by atoms with Crippen molar-refractivity contribution < 1.29 is 9.59 Å². The number of nitrogens with one attached hydrogen (secondary N) is 1. The van der Waals surface area contributed by atoms with E-state index in [9.17, 15) is 9.59 Å². The van der Waals surface area contributed by atoms with Crippen molar-refractivity contribution in [2.45, 2.75) is 53.4 Å². The van der Waals surface area contributed by atoms with Gasteiger partial charge in [0.1, 0.15) is 11.6 Å². The summed E-state index contributed by atoms with van der Waals surface area (Å²) in [4.78, 5) is 40.7. The van der Waals surface area contributed by atoms with Gasteiger partial charge in [-0.25, -0.2) is 14.8 Å². The maximum atomic E-state index is 12.8. The predicted molar refractivity (Wildman–Crippen MR) is 137 cm³/mol. The van der Waals surface area contributed by atoms with Crippen LogP contribution in [-0.4, -0.2) is 71.0 Å². The van der Waals surface area contributed by atoms with Crippen molar-refractivity contribution >= 4 is 23.4 Å². The number of urea groups is 1. The molecule has 0 aliphatic carbocycles. The van der Waals surface area contributed by atoms with Crippen LogP contribution in [0.25, 0.3) is 0 Å². The van der Waals surface area contributed by atoms with Gasteiger partial charge in [0, 0.05) is 68.2 Å². The van der Waals surface area contributed by atoms with E-state index in [-0.39, 0.29) is 17.9 Å². The molecule has 1 aromatic heterocycles. The molecule has 0 bridgehead atoms. The number of rotatable bonds is 8. The van der Waals surface area contributed by atoms with Gasteiger partial charge in [0.2, 0.25) is 0 Å². The molecule has 0 atom stereocenters. The number of hydrogen-bond acceptors (Lipinski definition) is 5. The van der Waals surface area contributed by atoms with E-state index in [4.69, 9.17) is 4.98 Å². The molecule has 1 aliphatic heterocycles. The second-order valence-corrected chi connectivity index (χ2v) is 9.15. The van der Waals surface area contributed by atoms with Crippen molar-refractivity contribution in [3.63, 3.8) is 0 Å². The SMILES string of the molecule is CCCN(CCC)C(=O)c1ccc(NC(=O)N2CCN(c3cc(C)nc(C(C)C)n3)CC2)cc1. The zero-order valence-electron chi connectivity index (χ0n) is 21.2. The fourth-order valence-electron chi connectivity index (χ4n) is 4.07. The Bertz CT molecular complexity index is 962. The minimum atomic E-state index is -0.126. The normalized spacial score (nSPS) is 13.8. The lowest BCUT2D eigenvalue weighted by atomic mass is 10.1. The van der Waals surface area contributed by atoms with Gasteiger partial charge in [-0.3, -0.25) is 4.79 Å². The Labute approximate surface area is 203 Å². The summed E-state index contributed by atoms with van der Waals surface area (Å²) in [7, 11) is 0. The van der Waals surface area contributed by atoms with E-state index in [0.29, 0.717) is 24.3 Å². The van der Waals surface area contributed by atoms with Crippen LogP contribution in [0.15, 0.2) is 30.3 Å². The molecule has 0 spiro atoms. The van der Waals surface area contributed by atoms with Crippen LogP contribution < -0.4 is 10.2 Å². The van der Waals surface area contributed by atoms with Crippen LogP contribution in [0.5, 0.6) is 0 Å². The monoisotopic (exact) mass is 466 g/mol. The van der Waals surface area contributed by atoms with Crippen molar-refractivity contribution in [3.8, 4) is 0 Å². The summed E-state index contributed by atoms with van der Waals surface area (Å²) in [6, 6.07) is 9.06. The quantitative estimate of drug-likeness (QED) is 0.618. The van der Waals surface area contributed by atoms with E-state index in [0.717, 1.165) is 56.4 Å². The highest BCUT2D eigenvalue weighted by molar-refractivity contribution is 5.95. The lowest BCUT2D eigenvalue weighted by Crippen LogP contribution is -2.50. The number of hydrogen-bond donors (Lipinski definition) is 1. The second-order valence-electron chi connectivity index (χ2n) is 9.15. The molecule has 1 aromatic carbocycles. The van der Waals surface area contributed by atoms with Crippen LogP contribution in [-0.2, 0) is 0 Å². The highest BCUT2D eigenvalue weighted by atomic mass is 16.2. The molecule has 1 aliphatic rings. The average molecular weight is 467 g/mol. The molecule has 0 radical (unpaired) electrons. The summed E-state index contributed by atoms with van der Waals surface area (Å²) < 4.78 is 0. The zero-order chi connectivity index (χ0) is 24.7. The van der Waals surface area contributed by atoms with Crippen molar-refractivity contribution in [1.82, 2.24) is 19.8 Å². The molecule has 0 unspecified atom stereocenters. The van der Waals surface area contributed by atoms with Crippen molar-refractivity contribution in [2.75, 3.05) is 49.5 Å². The number of carbonyl (C=O) groups excluding carboxylic acids is 2. The van der Waals surface area contributed by atoms with Gasteiger partial charge < -0.3 is 20.0 Å². The molecule has 8 nitrogen and oxygen atoms in total. The molecule has 184 valence electrons. The first-order valence-corrected chi connectivity index (χ1v) is 12.4. The molecular weight excluding hydrogens is 428 g/mol. The number of piperazine rings is 1. The summed E-state index contributed by atoms with van der Waals surface area (Å²) in [6.45, 7) is 14.5. The molecule has 1 N–H and O–H groups in total. The predicted octanol–water partition coefficient (Wildman–Crippen LogP) is 4.52. The van der Waals surface area contributed by atoms with Gasteiger partial charge in [0.15, 0.2) is 0 Å². The van der Waals surface area contributed by atoms with Crippen LogP contribution in [0, 0.1) is 6.92 Å². The number of aryl methyl sites for hydroxylation is 1. The fourth-order valence-corrected chi connectivity index (χ4v) is 4.07. The number of amides is 3. The molecule has 34 heavy (non-hydrogen) atoms. The molecule has 8 heteroatoms. The number of carbonyl (C=O) groups is 2. The van der Waals surface area contributed by atoms with Gasteiger partial charge in [-0.1, -0.05) is 27.7 Å². The Morgan fingerprint density at radius 3 is 2.18 bits per heavy atom. The maximum absolute atomic E-state index is 12.8. The summed E-state index contributed by atoms with van der Waals surface area (Å²) in [5.74, 6) is 2.09. The van der Waals surface area contributed by atoms with Crippen LogP contribution >= 0.6 is 0 Å². The third-order valence-corrected chi connectivity index (χ3v) is 5.92. The average Bonchev–Trinajstić information content (AvgIpc) is 2.83. The van der Waals surface area contributed by atoms with Crippen LogP contribution in [0.2, 0.25) is 0 Å². The van der Waals surface area contributed by atoms with Gasteiger partial charge in [-0.15, -0.1) is 0 Å². The Morgan fingerprint density at radius 1 is 1.00 bits per heavy atom. The van der Waals surface area contributed by atoms with Gasteiger partial charge in [-0.2, -0.15) is 0 Å². The van der Waals surface area contributed by atoms with E-state index in [1.54, 1.807) is 24.3 Å². The van der Waals surface area contributed by atoms with E-state index in [1.807, 2.05) is 22.8 Å². The number of anilines is 2. The van der Waals surface area contributed by atoms with E-state index in [1.165, 1.54) is 0 Å². The molecule has 3 amide bonds. The third kappa shape index (κ3) is 6.46. The largest absolute Gasteiger partial charge is 0.353 e. The van der Waals surface area contributed by atoms with Gasteiger partial charge in [-0.05, 0) is 44.0 Å². The van der Waals surface area contributed by atoms with E-state index < -0.39 is 0 Å². The zero-order valence-corrected chi connectivity index (χ0v) is 21.2. The molecule has 2 aromatic rings. The number of aromatic nitrogens is 2. The number of benzene rings is 1. The third-order valence-electron chi connectivity index (χ3n) is 5.92. The van der Waals surface area contributed by atoms with E-state index >= 15 is 0 Å². The molecule has 1 fully saturated rings. The Kier molecular flexibility index (Phi) is 8.85. The molecular formula is C26H38N6O2. The van der Waals surface area contributed by atoms with Crippen molar-refractivity contribution in [1.29, 1.82) is 0 Å². The van der Waals surface area contributed by atoms with E-state index in [2.05, 4.69) is 42.9 Å². The first-order valence-electron chi connectivity index (χ1n) is 12.4. The minimum absolute atomic E-state index is 0.0401. The maximum Gasteiger partial charge on any atom is 0.321 e. The van der Waals surface area contributed by atoms with Gasteiger partial charge in [0.05, 0.1) is 0 Å². The van der Waals surface area contributed by atoms with Crippen molar-refractivity contribution in [2.24, 2.45) is 0 Å². The summed E-state index contributed by atoms with van der Waals surface area (Å²) in [5.41, 5.74) is 2.30. The minimum Gasteiger partial charge on any atom is -0.353 e. The number of nitrogens with zero attached hydrogens (tertiary/aromatic N) is 5. The lowest BCUT2D eigenvalue weighted by Gasteiger charge is -2.35. The van der Waals surface area contributed by atoms with Gasteiger partial charge in [0.25, 0.3) is 5.91 Å². The summed E-state index contributed by atoms with van der Waals surface area (Å²) in [6.07, 6.45) is 1.87. The fraction of sp³-hybridized carbons (Fsp3) is 0.538. The Hall–Kier alpha value is -3.16. The highest BCUT2D eigenvalue weighted by Crippen LogP contribution is 2.19. The van der Waals surface area contributed by atoms with Crippen LogP contribution in [0.3, 0.4) is 0 Å². The molecule has 0 saturated carbocycles. The van der Waals surface area contributed by atoms with Gasteiger partial charge >= 0.3 is 6.03 Å². The molecule has 1 saturated heterocycles. The van der Waals surface area contributed by atoms with Crippen LogP contribution in [0.1, 0.15) is 68.3 Å². The highest BCUT2D eigenvalue weighted by Gasteiger charge is 2.23. The van der Waals surface area contributed by atoms with Crippen LogP contribution in [0.4, 0.5) is 16.3 Å². The summed E-state index contributed by atoms with van der Waals surface area (Å²) >= 11 is 0. The first kappa shape index (κ1) is 25.5. The smallest absolute Gasteiger partial charge is 0.321 e. The topological polar surface area (TPSA) is 81.7 Å². The first-order chi connectivity index (χ1) is 16.3. The lowest BCUT2D eigenvalue weighted by molar-refractivity contribution is 0.0755. The second kappa shape index (κ2) is 11.8.